The fourth-order valence-corrected chi connectivity index (χ4v) is 2.40. The molecule has 0 aliphatic rings. The summed E-state index contributed by atoms with van der Waals surface area (Å²) in [6.45, 7) is 2.07. The van der Waals surface area contributed by atoms with E-state index < -0.39 is 0 Å². The normalized spacial score (nSPS) is 11.7. The fraction of sp³-hybridized carbons (Fsp3) is 0.278. The van der Waals surface area contributed by atoms with Crippen LogP contribution in [0, 0.1) is 17.1 Å². The van der Waals surface area contributed by atoms with Gasteiger partial charge in [0.25, 0.3) is 0 Å². The van der Waals surface area contributed by atoms with Gasteiger partial charge in [0.05, 0.1) is 19.1 Å². The highest BCUT2D eigenvalue weighted by molar-refractivity contribution is 5.43. The van der Waals surface area contributed by atoms with Crippen molar-refractivity contribution in [3.05, 3.63) is 65.0 Å². The minimum atomic E-state index is -0.353. The molecule has 2 aromatic carbocycles. The Hall–Kier alpha value is -2.34. The van der Waals surface area contributed by atoms with Crippen molar-refractivity contribution in [3.63, 3.8) is 0 Å². The van der Waals surface area contributed by atoms with Crippen LogP contribution in [0.3, 0.4) is 0 Å². The van der Waals surface area contributed by atoms with Crippen molar-refractivity contribution in [3.8, 4) is 11.8 Å². The van der Waals surface area contributed by atoms with Crippen molar-refractivity contribution in [2.75, 3.05) is 7.11 Å². The summed E-state index contributed by atoms with van der Waals surface area (Å²) < 4.78 is 18.6. The van der Waals surface area contributed by atoms with Gasteiger partial charge in [-0.15, -0.1) is 0 Å². The number of aryl methyl sites for hydroxylation is 1. The topological polar surface area (TPSA) is 33.0 Å². The third-order valence-electron chi connectivity index (χ3n) is 3.56. The maximum absolute atomic E-state index is 13.3. The van der Waals surface area contributed by atoms with Crippen LogP contribution in [0.4, 0.5) is 4.39 Å². The van der Waals surface area contributed by atoms with E-state index in [9.17, 15) is 9.65 Å². The van der Waals surface area contributed by atoms with Gasteiger partial charge >= 0.3 is 0 Å². The standard InChI is InChI=1S/C18H18FNO/c1-3-13-7-8-18(21-2)17(11-13)15(12-20)9-14-5-4-6-16(19)10-14/h4-8,10-11,15H,3,9H2,1-2H3. The molecule has 0 amide bonds. The molecule has 3 heteroatoms. The molecule has 0 saturated heterocycles. The lowest BCUT2D eigenvalue weighted by Gasteiger charge is -2.15. The van der Waals surface area contributed by atoms with Crippen LogP contribution in [0.2, 0.25) is 0 Å². The highest BCUT2D eigenvalue weighted by atomic mass is 19.1. The molecular formula is C18H18FNO. The van der Waals surface area contributed by atoms with Crippen LogP contribution >= 0.6 is 0 Å². The molecule has 0 N–H and O–H groups in total. The number of hydrogen-bond acceptors (Lipinski definition) is 2. The maximum atomic E-state index is 13.3. The number of nitrogens with zero attached hydrogens (tertiary/aromatic N) is 1. The molecule has 2 rings (SSSR count). The van der Waals surface area contributed by atoms with Gasteiger partial charge in [-0.2, -0.15) is 5.26 Å². The van der Waals surface area contributed by atoms with Crippen LogP contribution in [0.1, 0.15) is 29.5 Å². The number of rotatable bonds is 5. The van der Waals surface area contributed by atoms with Crippen LogP contribution in [0.15, 0.2) is 42.5 Å². The number of benzene rings is 2. The summed E-state index contributed by atoms with van der Waals surface area (Å²) >= 11 is 0. The first kappa shape index (κ1) is 15.1. The Balaban J connectivity index is 2.35. The monoisotopic (exact) mass is 283 g/mol. The Kier molecular flexibility index (Phi) is 4.94. The molecule has 1 atom stereocenters. The summed E-state index contributed by atoms with van der Waals surface area (Å²) in [5.74, 6) is 0.0712. The third-order valence-corrected chi connectivity index (χ3v) is 3.56. The van der Waals surface area contributed by atoms with Gasteiger partial charge in [0.15, 0.2) is 0 Å². The van der Waals surface area contributed by atoms with E-state index >= 15 is 0 Å². The largest absolute Gasteiger partial charge is 0.496 e. The van der Waals surface area contributed by atoms with E-state index in [1.807, 2.05) is 24.3 Å². The molecule has 0 aliphatic heterocycles. The van der Waals surface area contributed by atoms with E-state index in [2.05, 4.69) is 13.0 Å². The SMILES string of the molecule is CCc1ccc(OC)c(C(C#N)Cc2cccc(F)c2)c1. The molecule has 21 heavy (non-hydrogen) atoms. The molecule has 0 radical (unpaired) electrons. The lowest BCUT2D eigenvalue weighted by Crippen LogP contribution is -2.04. The molecule has 2 nitrogen and oxygen atoms in total. The second kappa shape index (κ2) is 6.90. The van der Waals surface area contributed by atoms with Gasteiger partial charge in [0.1, 0.15) is 11.6 Å². The van der Waals surface area contributed by atoms with Gasteiger partial charge in [-0.3, -0.25) is 0 Å². The Labute approximate surface area is 124 Å². The van der Waals surface area contributed by atoms with Crippen LogP contribution < -0.4 is 4.74 Å². The van der Waals surface area contributed by atoms with E-state index in [0.29, 0.717) is 12.2 Å². The summed E-state index contributed by atoms with van der Waals surface area (Å²) in [5.41, 5.74) is 2.83. The number of nitriles is 1. The Bertz CT molecular complexity index is 661. The highest BCUT2D eigenvalue weighted by Crippen LogP contribution is 2.30. The first-order valence-electron chi connectivity index (χ1n) is 6.98. The lowest BCUT2D eigenvalue weighted by atomic mass is 9.91. The van der Waals surface area contributed by atoms with Crippen LogP contribution in [-0.2, 0) is 12.8 Å². The van der Waals surface area contributed by atoms with Crippen molar-refractivity contribution in [2.24, 2.45) is 0 Å². The van der Waals surface area contributed by atoms with Gasteiger partial charge in [-0.25, -0.2) is 4.39 Å². The number of hydrogen-bond donors (Lipinski definition) is 0. The Morgan fingerprint density at radius 1 is 1.19 bits per heavy atom. The van der Waals surface area contributed by atoms with Crippen LogP contribution in [0.5, 0.6) is 5.75 Å². The van der Waals surface area contributed by atoms with E-state index in [1.165, 1.54) is 12.1 Å². The Morgan fingerprint density at radius 2 is 2.00 bits per heavy atom. The van der Waals surface area contributed by atoms with Gasteiger partial charge in [0, 0.05) is 5.56 Å². The molecule has 2 aromatic rings. The third kappa shape index (κ3) is 3.61. The van der Waals surface area contributed by atoms with Crippen LogP contribution in [-0.4, -0.2) is 7.11 Å². The van der Waals surface area contributed by atoms with E-state index in [0.717, 1.165) is 23.1 Å². The van der Waals surface area contributed by atoms with Gasteiger partial charge in [-0.1, -0.05) is 31.2 Å². The minimum absolute atomic E-state index is 0.279. The zero-order chi connectivity index (χ0) is 15.2. The maximum Gasteiger partial charge on any atom is 0.123 e. The molecule has 0 spiro atoms. The highest BCUT2D eigenvalue weighted by Gasteiger charge is 2.17. The van der Waals surface area contributed by atoms with E-state index in [4.69, 9.17) is 4.74 Å². The van der Waals surface area contributed by atoms with E-state index in [1.54, 1.807) is 13.2 Å². The zero-order valence-electron chi connectivity index (χ0n) is 12.3. The molecule has 0 aromatic heterocycles. The van der Waals surface area contributed by atoms with Crippen molar-refractivity contribution in [2.45, 2.75) is 25.7 Å². The smallest absolute Gasteiger partial charge is 0.123 e. The predicted molar refractivity (Wildman–Crippen MR) is 80.8 cm³/mol. The number of methoxy groups -OCH3 is 1. The molecule has 108 valence electrons. The molecule has 0 bridgehead atoms. The van der Waals surface area contributed by atoms with Gasteiger partial charge in [-0.05, 0) is 42.2 Å². The number of ether oxygens (including phenoxy) is 1. The first-order chi connectivity index (χ1) is 10.2. The molecule has 0 fully saturated rings. The van der Waals surface area contributed by atoms with Crippen molar-refractivity contribution in [1.82, 2.24) is 0 Å². The molecule has 0 saturated carbocycles. The summed E-state index contributed by atoms with van der Waals surface area (Å²) in [7, 11) is 1.60. The summed E-state index contributed by atoms with van der Waals surface area (Å²) in [5, 5.41) is 9.49. The minimum Gasteiger partial charge on any atom is -0.496 e. The first-order valence-corrected chi connectivity index (χ1v) is 6.98. The predicted octanol–water partition coefficient (Wildman–Crippen LogP) is 4.25. The van der Waals surface area contributed by atoms with Gasteiger partial charge in [0.2, 0.25) is 0 Å². The summed E-state index contributed by atoms with van der Waals surface area (Å²) in [6, 6.07) is 14.6. The molecular weight excluding hydrogens is 265 g/mol. The van der Waals surface area contributed by atoms with Gasteiger partial charge < -0.3 is 4.74 Å². The molecule has 1 unspecified atom stereocenters. The second-order valence-corrected chi connectivity index (χ2v) is 4.95. The average molecular weight is 283 g/mol. The van der Waals surface area contributed by atoms with E-state index in [-0.39, 0.29) is 11.7 Å². The lowest BCUT2D eigenvalue weighted by molar-refractivity contribution is 0.408. The summed E-state index contributed by atoms with van der Waals surface area (Å²) in [6.07, 6.45) is 1.37. The van der Waals surface area contributed by atoms with Crippen LogP contribution in [0.25, 0.3) is 0 Å². The number of halogens is 1. The average Bonchev–Trinajstić information content (AvgIpc) is 2.52. The fourth-order valence-electron chi connectivity index (χ4n) is 2.40. The quantitative estimate of drug-likeness (QED) is 0.822. The molecule has 0 heterocycles. The van der Waals surface area contributed by atoms with Crippen molar-refractivity contribution >= 4 is 0 Å². The van der Waals surface area contributed by atoms with Crippen molar-refractivity contribution in [1.29, 1.82) is 5.26 Å². The summed E-state index contributed by atoms with van der Waals surface area (Å²) in [4.78, 5) is 0. The second-order valence-electron chi connectivity index (χ2n) is 4.95. The zero-order valence-corrected chi connectivity index (χ0v) is 12.3. The van der Waals surface area contributed by atoms with Crippen molar-refractivity contribution < 1.29 is 9.13 Å². The Morgan fingerprint density at radius 3 is 2.62 bits per heavy atom. The molecule has 0 aliphatic carbocycles.